The molecule has 6 heteroatoms. The molecule has 1 fully saturated rings. The average Bonchev–Trinajstić information content (AvgIpc) is 3.00. The Morgan fingerprint density at radius 1 is 1.36 bits per heavy atom. The summed E-state index contributed by atoms with van der Waals surface area (Å²) in [7, 11) is 3.98. The van der Waals surface area contributed by atoms with Crippen molar-refractivity contribution in [1.29, 1.82) is 0 Å². The van der Waals surface area contributed by atoms with Gasteiger partial charge < -0.3 is 15.1 Å². The number of nitrogens with one attached hydrogen (secondary N) is 1. The van der Waals surface area contributed by atoms with Crippen LogP contribution in [0.2, 0.25) is 0 Å². The summed E-state index contributed by atoms with van der Waals surface area (Å²) in [5.74, 6) is 0.356. The van der Waals surface area contributed by atoms with Gasteiger partial charge in [0.05, 0.1) is 6.42 Å². The second-order valence-corrected chi connectivity index (χ2v) is 7.04. The van der Waals surface area contributed by atoms with E-state index in [1.165, 1.54) is 0 Å². The van der Waals surface area contributed by atoms with Gasteiger partial charge >= 0.3 is 0 Å². The van der Waals surface area contributed by atoms with Crippen LogP contribution in [-0.2, 0) is 16.0 Å². The summed E-state index contributed by atoms with van der Waals surface area (Å²) in [5.41, 5.74) is 0. The third-order valence-corrected chi connectivity index (χ3v) is 4.86. The molecule has 0 radical (unpaired) electrons. The normalized spacial score (nSPS) is 16.0. The van der Waals surface area contributed by atoms with Gasteiger partial charge in [0, 0.05) is 37.0 Å². The van der Waals surface area contributed by atoms with Crippen molar-refractivity contribution < 1.29 is 9.59 Å². The van der Waals surface area contributed by atoms with Crippen molar-refractivity contribution in [1.82, 2.24) is 15.1 Å². The molecule has 1 aliphatic rings. The Morgan fingerprint density at radius 3 is 2.68 bits per heavy atom. The molecular formula is C16H25N3O2S. The molecule has 22 heavy (non-hydrogen) atoms. The van der Waals surface area contributed by atoms with Crippen LogP contribution in [0.5, 0.6) is 0 Å². The standard InChI is InChI=1S/C16H25N3O2S/c1-18(2)10-7-17-16(21)13-5-8-19(9-6-13)15(20)12-14-4-3-11-22-14/h3-4,11,13H,5-10,12H2,1-2H3,(H,17,21). The van der Waals surface area contributed by atoms with Crippen LogP contribution in [0.25, 0.3) is 0 Å². The Bertz CT molecular complexity index is 480. The lowest BCUT2D eigenvalue weighted by Gasteiger charge is -2.31. The summed E-state index contributed by atoms with van der Waals surface area (Å²) < 4.78 is 0. The van der Waals surface area contributed by atoms with Crippen molar-refractivity contribution in [3.05, 3.63) is 22.4 Å². The summed E-state index contributed by atoms with van der Waals surface area (Å²) >= 11 is 1.62. The number of rotatable bonds is 6. The number of likely N-dealkylation sites (tertiary alicyclic amines) is 1. The number of likely N-dealkylation sites (N-methyl/N-ethyl adjacent to an activating group) is 1. The minimum absolute atomic E-state index is 0.0490. The molecule has 1 aliphatic heterocycles. The fraction of sp³-hybridized carbons (Fsp3) is 0.625. The number of amides is 2. The van der Waals surface area contributed by atoms with E-state index in [-0.39, 0.29) is 17.7 Å². The van der Waals surface area contributed by atoms with Crippen molar-refractivity contribution in [3.8, 4) is 0 Å². The van der Waals surface area contributed by atoms with E-state index in [2.05, 4.69) is 5.32 Å². The minimum Gasteiger partial charge on any atom is -0.355 e. The maximum Gasteiger partial charge on any atom is 0.227 e. The molecule has 0 unspecified atom stereocenters. The van der Waals surface area contributed by atoms with Crippen LogP contribution in [0.15, 0.2) is 17.5 Å². The summed E-state index contributed by atoms with van der Waals surface area (Å²) in [4.78, 5) is 29.3. The summed E-state index contributed by atoms with van der Waals surface area (Å²) in [6.07, 6.45) is 2.02. The molecule has 0 aliphatic carbocycles. The topological polar surface area (TPSA) is 52.7 Å². The fourth-order valence-corrected chi connectivity index (χ4v) is 3.31. The molecule has 0 aromatic carbocycles. The van der Waals surface area contributed by atoms with Gasteiger partial charge in [-0.3, -0.25) is 9.59 Å². The molecule has 5 nitrogen and oxygen atoms in total. The molecule has 1 saturated heterocycles. The van der Waals surface area contributed by atoms with Crippen molar-refractivity contribution in [2.75, 3.05) is 40.3 Å². The van der Waals surface area contributed by atoms with E-state index in [9.17, 15) is 9.59 Å². The van der Waals surface area contributed by atoms with E-state index < -0.39 is 0 Å². The SMILES string of the molecule is CN(C)CCNC(=O)C1CCN(C(=O)Cc2cccs2)CC1. The highest BCUT2D eigenvalue weighted by Crippen LogP contribution is 2.19. The maximum absolute atomic E-state index is 12.2. The van der Waals surface area contributed by atoms with Crippen molar-refractivity contribution in [3.63, 3.8) is 0 Å². The monoisotopic (exact) mass is 323 g/mol. The van der Waals surface area contributed by atoms with E-state index in [0.717, 1.165) is 24.3 Å². The Morgan fingerprint density at radius 2 is 2.09 bits per heavy atom. The Balaban J connectivity index is 1.70. The smallest absolute Gasteiger partial charge is 0.227 e. The van der Waals surface area contributed by atoms with E-state index in [4.69, 9.17) is 0 Å². The second kappa shape index (κ2) is 8.29. The highest BCUT2D eigenvalue weighted by Gasteiger charge is 2.27. The van der Waals surface area contributed by atoms with Crippen LogP contribution in [-0.4, -0.2) is 61.9 Å². The third kappa shape index (κ3) is 5.10. The third-order valence-electron chi connectivity index (χ3n) is 3.98. The quantitative estimate of drug-likeness (QED) is 0.856. The van der Waals surface area contributed by atoms with Crippen LogP contribution in [0.4, 0.5) is 0 Å². The lowest BCUT2D eigenvalue weighted by atomic mass is 9.95. The lowest BCUT2D eigenvalue weighted by Crippen LogP contribution is -2.44. The first-order valence-electron chi connectivity index (χ1n) is 7.79. The molecule has 122 valence electrons. The number of thiophene rings is 1. The number of hydrogen-bond donors (Lipinski definition) is 1. The van der Waals surface area contributed by atoms with Crippen molar-refractivity contribution >= 4 is 23.2 Å². The Kier molecular flexibility index (Phi) is 6.39. The number of piperidine rings is 1. The summed E-state index contributed by atoms with van der Waals surface area (Å²) in [5, 5.41) is 4.97. The van der Waals surface area contributed by atoms with Gasteiger partial charge in [0.25, 0.3) is 0 Å². The predicted octanol–water partition coefficient (Wildman–Crippen LogP) is 1.21. The Labute approximate surface area is 136 Å². The van der Waals surface area contributed by atoms with Gasteiger partial charge in [0.2, 0.25) is 11.8 Å². The molecule has 0 bridgehead atoms. The fourth-order valence-electron chi connectivity index (χ4n) is 2.61. The largest absolute Gasteiger partial charge is 0.355 e. The predicted molar refractivity (Wildman–Crippen MR) is 88.9 cm³/mol. The zero-order chi connectivity index (χ0) is 15.9. The van der Waals surface area contributed by atoms with Gasteiger partial charge in [-0.2, -0.15) is 0 Å². The molecule has 0 saturated carbocycles. The zero-order valence-corrected chi connectivity index (χ0v) is 14.2. The van der Waals surface area contributed by atoms with Crippen molar-refractivity contribution in [2.24, 2.45) is 5.92 Å². The van der Waals surface area contributed by atoms with Gasteiger partial charge in [-0.25, -0.2) is 0 Å². The molecule has 1 aromatic rings. The van der Waals surface area contributed by atoms with Gasteiger partial charge in [-0.05, 0) is 38.4 Å². The minimum atomic E-state index is 0.0490. The zero-order valence-electron chi connectivity index (χ0n) is 13.4. The van der Waals surface area contributed by atoms with Crippen molar-refractivity contribution in [2.45, 2.75) is 19.3 Å². The van der Waals surface area contributed by atoms with Crippen LogP contribution >= 0.6 is 11.3 Å². The first-order chi connectivity index (χ1) is 10.6. The number of carbonyl (C=O) groups is 2. The van der Waals surface area contributed by atoms with E-state index in [1.807, 2.05) is 41.4 Å². The van der Waals surface area contributed by atoms with Crippen LogP contribution in [0, 0.1) is 5.92 Å². The molecule has 2 amide bonds. The molecule has 1 N–H and O–H groups in total. The number of hydrogen-bond acceptors (Lipinski definition) is 4. The highest BCUT2D eigenvalue weighted by atomic mass is 32.1. The Hall–Kier alpha value is -1.40. The van der Waals surface area contributed by atoms with E-state index in [1.54, 1.807) is 11.3 Å². The molecule has 2 heterocycles. The molecule has 2 rings (SSSR count). The lowest BCUT2D eigenvalue weighted by molar-refractivity contribution is -0.135. The second-order valence-electron chi connectivity index (χ2n) is 6.01. The van der Waals surface area contributed by atoms with Crippen LogP contribution in [0.3, 0.4) is 0 Å². The first kappa shape index (κ1) is 17.0. The average molecular weight is 323 g/mol. The van der Waals surface area contributed by atoms with Crippen LogP contribution < -0.4 is 5.32 Å². The first-order valence-corrected chi connectivity index (χ1v) is 8.67. The molecule has 1 aromatic heterocycles. The number of carbonyl (C=O) groups excluding carboxylic acids is 2. The molecule has 0 atom stereocenters. The molecular weight excluding hydrogens is 298 g/mol. The number of nitrogens with zero attached hydrogens (tertiary/aromatic N) is 2. The summed E-state index contributed by atoms with van der Waals surface area (Å²) in [6, 6.07) is 3.96. The highest BCUT2D eigenvalue weighted by molar-refractivity contribution is 7.10. The van der Waals surface area contributed by atoms with Crippen LogP contribution in [0.1, 0.15) is 17.7 Å². The van der Waals surface area contributed by atoms with E-state index in [0.29, 0.717) is 26.1 Å². The maximum atomic E-state index is 12.2. The molecule has 0 spiro atoms. The van der Waals surface area contributed by atoms with Gasteiger partial charge in [0.1, 0.15) is 0 Å². The summed E-state index contributed by atoms with van der Waals surface area (Å²) in [6.45, 7) is 2.92. The van der Waals surface area contributed by atoms with Gasteiger partial charge in [0.15, 0.2) is 0 Å². The van der Waals surface area contributed by atoms with E-state index >= 15 is 0 Å². The van der Waals surface area contributed by atoms with Gasteiger partial charge in [-0.1, -0.05) is 6.07 Å². The van der Waals surface area contributed by atoms with Gasteiger partial charge in [-0.15, -0.1) is 11.3 Å².